The summed E-state index contributed by atoms with van der Waals surface area (Å²) in [4.78, 5) is 44.3. The second-order valence-electron chi connectivity index (χ2n) is 8.78. The summed E-state index contributed by atoms with van der Waals surface area (Å²) in [6.45, 7) is 6.07. The Morgan fingerprint density at radius 3 is 2.52 bits per heavy atom. The van der Waals surface area contributed by atoms with Crippen molar-refractivity contribution < 1.29 is 33.0 Å². The Kier molecular flexibility index (Phi) is 10.3. The molecule has 11 heteroatoms. The normalized spacial score (nSPS) is 14.8. The van der Waals surface area contributed by atoms with Crippen LogP contribution in [-0.4, -0.2) is 54.2 Å². The molecule has 0 saturated carbocycles. The molecule has 218 valence electrons. The van der Waals surface area contributed by atoms with Crippen LogP contribution in [0.2, 0.25) is 0 Å². The summed E-state index contributed by atoms with van der Waals surface area (Å²) < 4.78 is 30.3. The first-order chi connectivity index (χ1) is 20.3. The van der Waals surface area contributed by atoms with Crippen molar-refractivity contribution in [2.45, 2.75) is 20.8 Å². The smallest absolute Gasteiger partial charge is 0.338 e. The van der Waals surface area contributed by atoms with Crippen LogP contribution in [0.5, 0.6) is 11.5 Å². The molecule has 3 aromatic rings. The van der Waals surface area contributed by atoms with E-state index in [1.54, 1.807) is 66.4 Å². The third kappa shape index (κ3) is 7.55. The Balaban J connectivity index is 1.51. The molecule has 0 spiro atoms. The SMILES string of the molecule is CCOC(=O)c1cccc(N=C2SC(=Cc3ccc(OCC(=O)Nc4ccccc4F)c(OCC)c3)C(=O)N2CC)c1. The fourth-order valence-electron chi connectivity index (χ4n) is 3.94. The molecule has 0 bridgehead atoms. The van der Waals surface area contributed by atoms with Crippen LogP contribution >= 0.6 is 11.8 Å². The van der Waals surface area contributed by atoms with Gasteiger partial charge in [0.1, 0.15) is 5.82 Å². The van der Waals surface area contributed by atoms with Gasteiger partial charge in [-0.1, -0.05) is 24.3 Å². The average molecular weight is 592 g/mol. The molecule has 3 aromatic carbocycles. The maximum atomic E-state index is 13.8. The number of esters is 1. The first-order valence-electron chi connectivity index (χ1n) is 13.3. The molecule has 1 aliphatic rings. The summed E-state index contributed by atoms with van der Waals surface area (Å²) in [6.07, 6.45) is 1.73. The molecule has 0 unspecified atom stereocenters. The van der Waals surface area contributed by atoms with Crippen LogP contribution in [0.1, 0.15) is 36.7 Å². The maximum Gasteiger partial charge on any atom is 0.338 e. The molecule has 0 atom stereocenters. The standard InChI is InChI=1S/C31H30FN3O6S/c1-4-35-29(37)27(42-31(35)33-22-11-9-10-21(18-22)30(38)40-6-3)17-20-14-15-25(26(16-20)39-5-2)41-19-28(36)34-24-13-8-7-12-23(24)32/h7-18H,4-6,19H2,1-3H3,(H,34,36). The van der Waals surface area contributed by atoms with Gasteiger partial charge in [0.25, 0.3) is 11.8 Å². The van der Waals surface area contributed by atoms with Crippen molar-refractivity contribution in [2.24, 2.45) is 4.99 Å². The van der Waals surface area contributed by atoms with E-state index in [0.29, 0.717) is 51.5 Å². The van der Waals surface area contributed by atoms with Gasteiger partial charge >= 0.3 is 5.97 Å². The van der Waals surface area contributed by atoms with E-state index in [4.69, 9.17) is 14.2 Å². The van der Waals surface area contributed by atoms with Crippen molar-refractivity contribution in [3.8, 4) is 11.5 Å². The lowest BCUT2D eigenvalue weighted by atomic mass is 10.2. The third-order valence-electron chi connectivity index (χ3n) is 5.86. The zero-order chi connectivity index (χ0) is 30.1. The predicted octanol–water partition coefficient (Wildman–Crippen LogP) is 6.04. The quantitative estimate of drug-likeness (QED) is 0.214. The number of rotatable bonds is 11. The second kappa shape index (κ2) is 14.3. The lowest BCUT2D eigenvalue weighted by Gasteiger charge is -2.13. The van der Waals surface area contributed by atoms with Crippen molar-refractivity contribution >= 4 is 52.2 Å². The van der Waals surface area contributed by atoms with E-state index < -0.39 is 17.7 Å². The topological polar surface area (TPSA) is 107 Å². The summed E-state index contributed by atoms with van der Waals surface area (Å²) in [7, 11) is 0. The number of aliphatic imine (C=N–C) groups is 1. The van der Waals surface area contributed by atoms with E-state index >= 15 is 0 Å². The molecule has 0 aliphatic carbocycles. The third-order valence-corrected chi connectivity index (χ3v) is 6.87. The van der Waals surface area contributed by atoms with E-state index in [2.05, 4.69) is 10.3 Å². The Morgan fingerprint density at radius 2 is 1.79 bits per heavy atom. The summed E-state index contributed by atoms with van der Waals surface area (Å²) in [5.74, 6) is -1.000. The number of para-hydroxylation sites is 1. The van der Waals surface area contributed by atoms with Gasteiger partial charge in [0, 0.05) is 6.54 Å². The molecule has 0 aromatic heterocycles. The van der Waals surface area contributed by atoms with Crippen molar-refractivity contribution in [3.05, 3.63) is 88.6 Å². The van der Waals surface area contributed by atoms with Gasteiger partial charge in [0.05, 0.1) is 35.1 Å². The Hall–Kier alpha value is -4.64. The Bertz CT molecular complexity index is 1540. The molecule has 2 amide bonds. The number of ether oxygens (including phenoxy) is 3. The molecule has 1 fully saturated rings. The minimum Gasteiger partial charge on any atom is -0.490 e. The lowest BCUT2D eigenvalue weighted by Crippen LogP contribution is -2.28. The van der Waals surface area contributed by atoms with Crippen LogP contribution in [0.3, 0.4) is 0 Å². The number of amidine groups is 1. The number of nitrogens with zero attached hydrogens (tertiary/aromatic N) is 2. The van der Waals surface area contributed by atoms with Crippen LogP contribution in [0, 0.1) is 5.82 Å². The highest BCUT2D eigenvalue weighted by Gasteiger charge is 2.32. The van der Waals surface area contributed by atoms with E-state index in [-0.39, 0.29) is 24.8 Å². The summed E-state index contributed by atoms with van der Waals surface area (Å²) in [6, 6.07) is 17.7. The number of carbonyl (C=O) groups excluding carboxylic acids is 3. The minimum absolute atomic E-state index is 0.0626. The van der Waals surface area contributed by atoms with Crippen LogP contribution in [0.25, 0.3) is 6.08 Å². The number of likely N-dealkylation sites (N-methyl/N-ethyl adjacent to an activating group) is 1. The van der Waals surface area contributed by atoms with Gasteiger partial charge < -0.3 is 19.5 Å². The summed E-state index contributed by atoms with van der Waals surface area (Å²) in [5, 5.41) is 2.96. The monoisotopic (exact) mass is 591 g/mol. The fraction of sp³-hybridized carbons (Fsp3) is 0.226. The Labute approximate surface area is 247 Å². The van der Waals surface area contributed by atoms with E-state index in [1.165, 1.54) is 30.0 Å². The molecular weight excluding hydrogens is 561 g/mol. The molecule has 9 nitrogen and oxygen atoms in total. The van der Waals surface area contributed by atoms with Crippen LogP contribution in [0.4, 0.5) is 15.8 Å². The molecule has 0 radical (unpaired) electrons. The maximum absolute atomic E-state index is 13.8. The van der Waals surface area contributed by atoms with Gasteiger partial charge in [-0.25, -0.2) is 14.2 Å². The van der Waals surface area contributed by atoms with Gasteiger partial charge in [-0.2, -0.15) is 0 Å². The average Bonchev–Trinajstić information content (AvgIpc) is 3.27. The van der Waals surface area contributed by atoms with E-state index in [9.17, 15) is 18.8 Å². The van der Waals surface area contributed by atoms with Gasteiger partial charge in [-0.05, 0) is 86.6 Å². The first kappa shape index (κ1) is 30.3. The second-order valence-corrected chi connectivity index (χ2v) is 9.79. The van der Waals surface area contributed by atoms with Gasteiger partial charge in [-0.15, -0.1) is 0 Å². The van der Waals surface area contributed by atoms with Crippen LogP contribution in [-0.2, 0) is 14.3 Å². The van der Waals surface area contributed by atoms with Crippen molar-refractivity contribution in [1.29, 1.82) is 0 Å². The number of halogens is 1. The van der Waals surface area contributed by atoms with E-state index in [1.807, 2.05) is 13.8 Å². The Morgan fingerprint density at radius 1 is 0.976 bits per heavy atom. The van der Waals surface area contributed by atoms with E-state index in [0.717, 1.165) is 0 Å². The van der Waals surface area contributed by atoms with Crippen molar-refractivity contribution in [3.63, 3.8) is 0 Å². The molecule has 1 N–H and O–H groups in total. The molecular formula is C31H30FN3O6S. The molecule has 1 heterocycles. The van der Waals surface area contributed by atoms with Crippen LogP contribution in [0.15, 0.2) is 76.6 Å². The number of anilines is 1. The molecule has 1 aliphatic heterocycles. The number of amides is 2. The van der Waals surface area contributed by atoms with Crippen molar-refractivity contribution in [1.82, 2.24) is 4.90 Å². The number of thioether (sulfide) groups is 1. The predicted molar refractivity (Wildman–Crippen MR) is 161 cm³/mol. The highest BCUT2D eigenvalue weighted by molar-refractivity contribution is 8.18. The van der Waals surface area contributed by atoms with Gasteiger partial charge in [0.15, 0.2) is 23.3 Å². The summed E-state index contributed by atoms with van der Waals surface area (Å²) >= 11 is 1.22. The van der Waals surface area contributed by atoms with Gasteiger partial charge in [0.2, 0.25) is 0 Å². The number of carbonyl (C=O) groups is 3. The highest BCUT2D eigenvalue weighted by atomic mass is 32.2. The first-order valence-corrected chi connectivity index (χ1v) is 14.2. The zero-order valence-corrected chi connectivity index (χ0v) is 24.2. The van der Waals surface area contributed by atoms with Gasteiger partial charge in [-0.3, -0.25) is 14.5 Å². The molecule has 42 heavy (non-hydrogen) atoms. The minimum atomic E-state index is -0.544. The summed E-state index contributed by atoms with van der Waals surface area (Å²) in [5.41, 5.74) is 1.64. The van der Waals surface area contributed by atoms with Crippen LogP contribution < -0.4 is 14.8 Å². The van der Waals surface area contributed by atoms with Crippen molar-refractivity contribution in [2.75, 3.05) is 31.7 Å². The number of hydrogen-bond acceptors (Lipinski definition) is 8. The fourth-order valence-corrected chi connectivity index (χ4v) is 5.01. The molecule has 4 rings (SSSR count). The number of hydrogen-bond donors (Lipinski definition) is 1. The largest absolute Gasteiger partial charge is 0.490 e. The number of nitrogens with one attached hydrogen (secondary N) is 1. The highest BCUT2D eigenvalue weighted by Crippen LogP contribution is 2.36. The zero-order valence-electron chi connectivity index (χ0n) is 23.4. The molecule has 1 saturated heterocycles. The lowest BCUT2D eigenvalue weighted by molar-refractivity contribution is -0.122. The number of benzene rings is 3.